The number of benzene rings is 2. The number of hydrogen-bond donors (Lipinski definition) is 1. The summed E-state index contributed by atoms with van der Waals surface area (Å²) in [6, 6.07) is 12.8. The number of halogens is 2. The number of phenolic OH excluding ortho intramolecular Hbond substituents is 1. The van der Waals surface area contributed by atoms with E-state index < -0.39 is 0 Å². The molecule has 1 aromatic heterocycles. The molecule has 0 aliphatic rings. The Balaban J connectivity index is 1.82. The molecule has 0 saturated heterocycles. The van der Waals surface area contributed by atoms with Crippen LogP contribution >= 0.6 is 38.9 Å². The average Bonchev–Trinajstić information content (AvgIpc) is 2.96. The highest BCUT2D eigenvalue weighted by molar-refractivity contribution is 9.10. The zero-order chi connectivity index (χ0) is 15.5. The lowest BCUT2D eigenvalue weighted by atomic mass is 10.2. The minimum absolute atomic E-state index is 0.0981. The Morgan fingerprint density at radius 2 is 1.95 bits per heavy atom. The molecule has 0 spiro atoms. The molecule has 3 aromatic rings. The van der Waals surface area contributed by atoms with E-state index >= 15 is 0 Å². The van der Waals surface area contributed by atoms with Crippen molar-refractivity contribution in [3.8, 4) is 17.0 Å². The van der Waals surface area contributed by atoms with Gasteiger partial charge in [-0.3, -0.25) is 0 Å². The molecule has 6 heteroatoms. The van der Waals surface area contributed by atoms with Crippen LogP contribution < -0.4 is 0 Å². The number of aliphatic imine (C=N–C) groups is 1. The van der Waals surface area contributed by atoms with Crippen LogP contribution in [0.3, 0.4) is 0 Å². The molecule has 0 unspecified atom stereocenters. The molecule has 0 atom stereocenters. The fourth-order valence-electron chi connectivity index (χ4n) is 1.83. The minimum Gasteiger partial charge on any atom is -0.507 e. The van der Waals surface area contributed by atoms with Crippen LogP contribution in [0.2, 0.25) is 5.02 Å². The quantitative estimate of drug-likeness (QED) is 0.582. The topological polar surface area (TPSA) is 45.5 Å². The summed E-state index contributed by atoms with van der Waals surface area (Å²) in [5.74, 6) is 0.0981. The maximum absolute atomic E-state index is 9.78. The Bertz CT molecular complexity index is 830. The number of aromatic nitrogens is 1. The van der Waals surface area contributed by atoms with Crippen LogP contribution in [0.15, 0.2) is 57.3 Å². The third-order valence-corrected chi connectivity index (χ3v) is 4.45. The summed E-state index contributed by atoms with van der Waals surface area (Å²) < 4.78 is 1.03. The van der Waals surface area contributed by atoms with E-state index in [0.717, 1.165) is 15.7 Å². The predicted molar refractivity (Wildman–Crippen MR) is 95.6 cm³/mol. The normalized spacial score (nSPS) is 11.2. The number of hydrogen-bond acceptors (Lipinski definition) is 4. The summed E-state index contributed by atoms with van der Waals surface area (Å²) in [7, 11) is 0. The number of aromatic hydroxyl groups is 1. The summed E-state index contributed by atoms with van der Waals surface area (Å²) >= 11 is 10.7. The Morgan fingerprint density at radius 1 is 1.18 bits per heavy atom. The van der Waals surface area contributed by atoms with Crippen molar-refractivity contribution in [2.24, 2.45) is 4.99 Å². The molecule has 1 N–H and O–H groups in total. The fraction of sp³-hybridized carbons (Fsp3) is 0. The molecular weight excluding hydrogens is 384 g/mol. The lowest BCUT2D eigenvalue weighted by Crippen LogP contribution is -1.81. The monoisotopic (exact) mass is 392 g/mol. The van der Waals surface area contributed by atoms with Gasteiger partial charge in [-0.15, -0.1) is 11.3 Å². The van der Waals surface area contributed by atoms with Gasteiger partial charge in [-0.25, -0.2) is 9.98 Å². The van der Waals surface area contributed by atoms with Crippen molar-refractivity contribution in [1.29, 1.82) is 0 Å². The van der Waals surface area contributed by atoms with Crippen LogP contribution in [0.1, 0.15) is 5.56 Å². The number of rotatable bonds is 3. The highest BCUT2D eigenvalue weighted by Gasteiger charge is 2.04. The SMILES string of the molecule is Oc1cc(Cl)ccc1/C=N/c1nc(-c2ccc(Br)cc2)cs1. The highest BCUT2D eigenvalue weighted by atomic mass is 79.9. The van der Waals surface area contributed by atoms with Gasteiger partial charge in [0.05, 0.1) is 5.69 Å². The second-order valence-electron chi connectivity index (χ2n) is 4.48. The Labute approximate surface area is 145 Å². The zero-order valence-corrected chi connectivity index (χ0v) is 14.4. The van der Waals surface area contributed by atoms with Crippen molar-refractivity contribution in [3.63, 3.8) is 0 Å². The fourth-order valence-corrected chi connectivity index (χ4v) is 2.93. The standard InChI is InChI=1S/C16H10BrClN2OS/c17-12-4-1-10(2-5-12)14-9-22-16(20-14)19-8-11-3-6-13(18)7-15(11)21/h1-9,21H/b19-8+. The van der Waals surface area contributed by atoms with Crippen LogP contribution in [0, 0.1) is 0 Å². The molecule has 0 aliphatic carbocycles. The molecule has 0 radical (unpaired) electrons. The summed E-state index contributed by atoms with van der Waals surface area (Å²) in [5.41, 5.74) is 2.52. The first-order valence-corrected chi connectivity index (χ1v) is 8.41. The van der Waals surface area contributed by atoms with Crippen molar-refractivity contribution in [3.05, 3.63) is 62.9 Å². The smallest absolute Gasteiger partial charge is 0.209 e. The van der Waals surface area contributed by atoms with Gasteiger partial charge >= 0.3 is 0 Å². The van der Waals surface area contributed by atoms with Crippen LogP contribution in [-0.4, -0.2) is 16.3 Å². The number of thiazole rings is 1. The van der Waals surface area contributed by atoms with E-state index in [0.29, 0.717) is 15.7 Å². The highest BCUT2D eigenvalue weighted by Crippen LogP contribution is 2.28. The molecule has 3 rings (SSSR count). The summed E-state index contributed by atoms with van der Waals surface area (Å²) in [4.78, 5) is 8.77. The second kappa shape index (κ2) is 6.60. The minimum atomic E-state index is 0.0981. The van der Waals surface area contributed by atoms with Crippen molar-refractivity contribution < 1.29 is 5.11 Å². The molecular formula is C16H10BrClN2OS. The van der Waals surface area contributed by atoms with E-state index in [1.165, 1.54) is 17.4 Å². The summed E-state index contributed by atoms with van der Waals surface area (Å²) in [6.45, 7) is 0. The van der Waals surface area contributed by atoms with Gasteiger partial charge in [-0.05, 0) is 30.3 Å². The Kier molecular flexibility index (Phi) is 4.57. The van der Waals surface area contributed by atoms with Gasteiger partial charge in [0.15, 0.2) is 0 Å². The Hall–Kier alpha value is -1.69. The van der Waals surface area contributed by atoms with Gasteiger partial charge in [0.2, 0.25) is 5.13 Å². The van der Waals surface area contributed by atoms with Gasteiger partial charge in [0, 0.05) is 32.2 Å². The summed E-state index contributed by atoms with van der Waals surface area (Å²) in [5, 5.41) is 12.9. The maximum atomic E-state index is 9.78. The van der Waals surface area contributed by atoms with E-state index in [4.69, 9.17) is 11.6 Å². The molecule has 110 valence electrons. The van der Waals surface area contributed by atoms with Crippen molar-refractivity contribution in [2.75, 3.05) is 0 Å². The predicted octanol–water partition coefficient (Wildman–Crippen LogP) is 5.68. The molecule has 0 amide bonds. The maximum Gasteiger partial charge on any atom is 0.209 e. The third-order valence-electron chi connectivity index (χ3n) is 2.94. The van der Waals surface area contributed by atoms with E-state index in [9.17, 15) is 5.11 Å². The van der Waals surface area contributed by atoms with Gasteiger partial charge in [-0.2, -0.15) is 0 Å². The van der Waals surface area contributed by atoms with Gasteiger partial charge in [0.25, 0.3) is 0 Å². The first-order chi connectivity index (χ1) is 10.6. The first kappa shape index (κ1) is 15.2. The van der Waals surface area contributed by atoms with Gasteiger partial charge < -0.3 is 5.11 Å². The summed E-state index contributed by atoms with van der Waals surface area (Å²) in [6.07, 6.45) is 1.58. The van der Waals surface area contributed by atoms with Gasteiger partial charge in [0.1, 0.15) is 5.75 Å². The lowest BCUT2D eigenvalue weighted by molar-refractivity contribution is 0.474. The van der Waals surface area contributed by atoms with Crippen molar-refractivity contribution >= 4 is 50.2 Å². The van der Waals surface area contributed by atoms with Crippen LogP contribution in [-0.2, 0) is 0 Å². The molecule has 2 aromatic carbocycles. The second-order valence-corrected chi connectivity index (χ2v) is 6.67. The van der Waals surface area contributed by atoms with Crippen molar-refractivity contribution in [1.82, 2.24) is 4.98 Å². The molecule has 3 nitrogen and oxygen atoms in total. The van der Waals surface area contributed by atoms with Crippen LogP contribution in [0.25, 0.3) is 11.3 Å². The average molecular weight is 394 g/mol. The van der Waals surface area contributed by atoms with Crippen LogP contribution in [0.4, 0.5) is 5.13 Å². The molecule has 0 bridgehead atoms. The molecule has 1 heterocycles. The zero-order valence-electron chi connectivity index (χ0n) is 11.2. The van der Waals surface area contributed by atoms with Crippen LogP contribution in [0.5, 0.6) is 5.75 Å². The van der Waals surface area contributed by atoms with Gasteiger partial charge in [-0.1, -0.05) is 39.7 Å². The first-order valence-electron chi connectivity index (χ1n) is 6.36. The molecule has 22 heavy (non-hydrogen) atoms. The van der Waals surface area contributed by atoms with E-state index in [-0.39, 0.29) is 5.75 Å². The number of nitrogens with zero attached hydrogens (tertiary/aromatic N) is 2. The van der Waals surface area contributed by atoms with E-state index in [1.54, 1.807) is 18.3 Å². The largest absolute Gasteiger partial charge is 0.507 e. The third kappa shape index (κ3) is 3.55. The van der Waals surface area contributed by atoms with Crippen molar-refractivity contribution in [2.45, 2.75) is 0 Å². The molecule has 0 fully saturated rings. The lowest BCUT2D eigenvalue weighted by Gasteiger charge is -1.98. The molecule has 0 aliphatic heterocycles. The Morgan fingerprint density at radius 3 is 2.68 bits per heavy atom. The number of phenols is 1. The van der Waals surface area contributed by atoms with E-state index in [2.05, 4.69) is 25.9 Å². The molecule has 0 saturated carbocycles. The van der Waals surface area contributed by atoms with E-state index in [1.807, 2.05) is 29.6 Å².